The zero-order valence-corrected chi connectivity index (χ0v) is 16.6. The summed E-state index contributed by atoms with van der Waals surface area (Å²) in [6.07, 6.45) is 4.78. The second-order valence-corrected chi connectivity index (χ2v) is 10.8. The smallest absolute Gasteiger partial charge is 0.252 e. The van der Waals surface area contributed by atoms with E-state index >= 15 is 0 Å². The van der Waals surface area contributed by atoms with Crippen LogP contribution in [0.4, 0.5) is 0 Å². The fourth-order valence-electron chi connectivity index (χ4n) is 4.60. The Morgan fingerprint density at radius 2 is 1.92 bits per heavy atom. The van der Waals surface area contributed by atoms with E-state index in [0.717, 1.165) is 38.8 Å². The molecule has 6 nitrogen and oxygen atoms in total. The number of nitrogens with zero attached hydrogens (tertiary/aromatic N) is 2. The van der Waals surface area contributed by atoms with E-state index in [2.05, 4.69) is 0 Å². The second-order valence-electron chi connectivity index (χ2n) is 7.64. The number of carbonyl (C=O) groups is 1. The highest BCUT2D eigenvalue weighted by Gasteiger charge is 2.54. The van der Waals surface area contributed by atoms with Gasteiger partial charge in [0.1, 0.15) is 4.21 Å². The monoisotopic (exact) mass is 398 g/mol. The first-order chi connectivity index (χ1) is 12.5. The zero-order chi connectivity index (χ0) is 18.2. The molecule has 144 valence electrons. The van der Waals surface area contributed by atoms with Crippen LogP contribution in [0.25, 0.3) is 0 Å². The molecule has 4 heterocycles. The average Bonchev–Trinajstić information content (AvgIpc) is 3.32. The van der Waals surface area contributed by atoms with Gasteiger partial charge in [0.25, 0.3) is 10.0 Å². The summed E-state index contributed by atoms with van der Waals surface area (Å²) in [5.74, 6) is -0.102. The van der Waals surface area contributed by atoms with E-state index in [0.29, 0.717) is 30.5 Å². The maximum Gasteiger partial charge on any atom is 0.252 e. The van der Waals surface area contributed by atoms with Crippen LogP contribution < -0.4 is 0 Å². The lowest BCUT2D eigenvalue weighted by Gasteiger charge is -2.40. The summed E-state index contributed by atoms with van der Waals surface area (Å²) < 4.78 is 33.5. The Kier molecular flexibility index (Phi) is 5.11. The molecule has 4 rings (SSSR count). The molecule has 1 spiro atoms. The van der Waals surface area contributed by atoms with Crippen molar-refractivity contribution in [2.75, 3.05) is 39.4 Å². The molecule has 0 saturated carbocycles. The molecule has 3 saturated heterocycles. The summed E-state index contributed by atoms with van der Waals surface area (Å²) in [6.45, 7) is 3.56. The molecule has 1 atom stereocenters. The topological polar surface area (TPSA) is 66.9 Å². The van der Waals surface area contributed by atoms with Crippen molar-refractivity contribution < 1.29 is 17.9 Å². The predicted molar refractivity (Wildman–Crippen MR) is 99.5 cm³/mol. The van der Waals surface area contributed by atoms with Crippen molar-refractivity contribution in [1.82, 2.24) is 9.21 Å². The number of piperidine rings is 1. The van der Waals surface area contributed by atoms with Crippen LogP contribution in [0, 0.1) is 11.3 Å². The molecule has 3 aliphatic rings. The third kappa shape index (κ3) is 3.21. The number of rotatable bonds is 3. The summed E-state index contributed by atoms with van der Waals surface area (Å²) in [7, 11) is -3.53. The fraction of sp³-hybridized carbons (Fsp3) is 0.722. The van der Waals surface area contributed by atoms with E-state index < -0.39 is 10.0 Å². The SMILES string of the molecule is O=C([C@H]1CN(S(=O)(=O)c2cccs2)CC12CCOCC2)N1CCCCC1. The Bertz CT molecular complexity index is 735. The number of thiophene rings is 1. The minimum absolute atomic E-state index is 0.149. The molecule has 26 heavy (non-hydrogen) atoms. The van der Waals surface area contributed by atoms with Crippen molar-refractivity contribution in [1.29, 1.82) is 0 Å². The quantitative estimate of drug-likeness (QED) is 0.783. The van der Waals surface area contributed by atoms with Crippen LogP contribution in [0.1, 0.15) is 32.1 Å². The van der Waals surface area contributed by atoms with Crippen LogP contribution in [0.5, 0.6) is 0 Å². The van der Waals surface area contributed by atoms with Gasteiger partial charge in [-0.05, 0) is 43.6 Å². The van der Waals surface area contributed by atoms with Gasteiger partial charge in [-0.15, -0.1) is 11.3 Å². The van der Waals surface area contributed by atoms with Gasteiger partial charge >= 0.3 is 0 Å². The Balaban J connectivity index is 1.62. The van der Waals surface area contributed by atoms with Crippen molar-refractivity contribution in [2.24, 2.45) is 11.3 Å². The standard InChI is InChI=1S/C18H26N2O4S2/c21-17(19-8-2-1-3-9-19)15-13-20(14-18(15)6-10-24-11-7-18)26(22,23)16-5-4-12-25-16/h4-5,12,15H,1-3,6-11,13-14H2/t15-/m1/s1. The van der Waals surface area contributed by atoms with Gasteiger partial charge in [-0.1, -0.05) is 6.07 Å². The molecule has 1 aromatic heterocycles. The summed E-state index contributed by atoms with van der Waals surface area (Å²) in [4.78, 5) is 15.3. The first kappa shape index (κ1) is 18.4. The van der Waals surface area contributed by atoms with Crippen LogP contribution >= 0.6 is 11.3 Å². The van der Waals surface area contributed by atoms with Gasteiger partial charge in [-0.3, -0.25) is 4.79 Å². The summed E-state index contributed by atoms with van der Waals surface area (Å²) in [6, 6.07) is 3.41. The average molecular weight is 399 g/mol. The summed E-state index contributed by atoms with van der Waals surface area (Å²) in [5.41, 5.74) is -0.281. The molecule has 8 heteroatoms. The van der Waals surface area contributed by atoms with E-state index in [1.807, 2.05) is 4.90 Å². The minimum Gasteiger partial charge on any atom is -0.381 e. The van der Waals surface area contributed by atoms with Crippen molar-refractivity contribution in [3.63, 3.8) is 0 Å². The van der Waals surface area contributed by atoms with Crippen molar-refractivity contribution in [3.8, 4) is 0 Å². The number of amides is 1. The van der Waals surface area contributed by atoms with Gasteiger partial charge in [0.05, 0.1) is 5.92 Å². The maximum absolute atomic E-state index is 13.3. The van der Waals surface area contributed by atoms with E-state index in [4.69, 9.17) is 4.74 Å². The van der Waals surface area contributed by atoms with Crippen LogP contribution in [0.3, 0.4) is 0 Å². The Morgan fingerprint density at radius 3 is 2.58 bits per heavy atom. The molecule has 1 aromatic rings. The van der Waals surface area contributed by atoms with Gasteiger partial charge in [0.2, 0.25) is 5.91 Å². The highest BCUT2D eigenvalue weighted by molar-refractivity contribution is 7.91. The minimum atomic E-state index is -3.53. The molecule has 1 amide bonds. The molecule has 0 aromatic carbocycles. The molecular weight excluding hydrogens is 372 g/mol. The zero-order valence-electron chi connectivity index (χ0n) is 14.9. The largest absolute Gasteiger partial charge is 0.381 e. The normalized spacial score (nSPS) is 27.1. The highest BCUT2D eigenvalue weighted by Crippen LogP contribution is 2.47. The van der Waals surface area contributed by atoms with Gasteiger partial charge in [0.15, 0.2) is 0 Å². The predicted octanol–water partition coefficient (Wildman–Crippen LogP) is 2.18. The number of likely N-dealkylation sites (tertiary alicyclic amines) is 1. The number of hydrogen-bond acceptors (Lipinski definition) is 5. The van der Waals surface area contributed by atoms with Crippen molar-refractivity contribution in [3.05, 3.63) is 17.5 Å². The highest BCUT2D eigenvalue weighted by atomic mass is 32.2. The first-order valence-corrected chi connectivity index (χ1v) is 11.8. The molecule has 0 bridgehead atoms. The Hall–Kier alpha value is -0.960. The Morgan fingerprint density at radius 1 is 1.19 bits per heavy atom. The lowest BCUT2D eigenvalue weighted by atomic mass is 9.71. The summed E-state index contributed by atoms with van der Waals surface area (Å²) >= 11 is 1.24. The van der Waals surface area contributed by atoms with Gasteiger partial charge in [-0.25, -0.2) is 8.42 Å². The van der Waals surface area contributed by atoms with Crippen LogP contribution in [-0.2, 0) is 19.6 Å². The molecular formula is C18H26N2O4S2. The number of hydrogen-bond donors (Lipinski definition) is 0. The number of ether oxygens (including phenoxy) is 1. The lowest BCUT2D eigenvalue weighted by Crippen LogP contribution is -2.47. The molecule has 0 unspecified atom stereocenters. The van der Waals surface area contributed by atoms with Crippen molar-refractivity contribution in [2.45, 2.75) is 36.3 Å². The number of carbonyl (C=O) groups excluding carboxylic acids is 1. The van der Waals surface area contributed by atoms with Gasteiger partial charge in [0, 0.05) is 44.8 Å². The lowest BCUT2D eigenvalue weighted by molar-refractivity contribution is -0.141. The third-order valence-corrected chi connectivity index (χ3v) is 9.35. The molecule has 3 fully saturated rings. The van der Waals surface area contributed by atoms with Gasteiger partial charge < -0.3 is 9.64 Å². The van der Waals surface area contributed by atoms with Crippen molar-refractivity contribution >= 4 is 27.3 Å². The maximum atomic E-state index is 13.3. The number of sulfonamides is 1. The van der Waals surface area contributed by atoms with E-state index in [1.54, 1.807) is 21.8 Å². The van der Waals surface area contributed by atoms with Crippen LogP contribution in [-0.4, -0.2) is 62.9 Å². The first-order valence-electron chi connectivity index (χ1n) is 9.43. The molecule has 0 N–H and O–H groups in total. The van der Waals surface area contributed by atoms with Gasteiger partial charge in [-0.2, -0.15) is 4.31 Å². The molecule has 3 aliphatic heterocycles. The molecule has 0 aliphatic carbocycles. The third-order valence-electron chi connectivity index (χ3n) is 6.16. The van der Waals surface area contributed by atoms with Crippen LogP contribution in [0.2, 0.25) is 0 Å². The van der Waals surface area contributed by atoms with E-state index in [1.165, 1.54) is 17.8 Å². The fourth-order valence-corrected chi connectivity index (χ4v) is 7.30. The second kappa shape index (κ2) is 7.22. The van der Waals surface area contributed by atoms with E-state index in [9.17, 15) is 13.2 Å². The van der Waals surface area contributed by atoms with Crippen LogP contribution in [0.15, 0.2) is 21.7 Å². The molecule has 0 radical (unpaired) electrons. The van der Waals surface area contributed by atoms with E-state index in [-0.39, 0.29) is 17.2 Å². The summed E-state index contributed by atoms with van der Waals surface area (Å²) in [5, 5.41) is 1.78. The Labute approximate surface area is 159 Å².